The summed E-state index contributed by atoms with van der Waals surface area (Å²) in [6.45, 7) is 3.53. The zero-order valence-electron chi connectivity index (χ0n) is 21.8. The highest BCUT2D eigenvalue weighted by atomic mass is 32.2. The van der Waals surface area contributed by atoms with Crippen molar-refractivity contribution in [2.75, 3.05) is 27.3 Å². The van der Waals surface area contributed by atoms with Crippen molar-refractivity contribution in [2.45, 2.75) is 38.8 Å². The monoisotopic (exact) mass is 533 g/mol. The van der Waals surface area contributed by atoms with E-state index in [4.69, 9.17) is 19.2 Å². The Bertz CT molecular complexity index is 1310. The largest absolute Gasteiger partial charge is 0.497 e. The van der Waals surface area contributed by atoms with Crippen LogP contribution < -0.4 is 9.47 Å². The van der Waals surface area contributed by atoms with Crippen LogP contribution in [-0.4, -0.2) is 54.2 Å². The third-order valence-corrected chi connectivity index (χ3v) is 7.85. The molecule has 0 aromatic heterocycles. The summed E-state index contributed by atoms with van der Waals surface area (Å²) in [5, 5.41) is 2.68. The van der Waals surface area contributed by atoms with Crippen LogP contribution in [0.25, 0.3) is 0 Å². The van der Waals surface area contributed by atoms with Gasteiger partial charge < -0.3 is 24.0 Å². The van der Waals surface area contributed by atoms with E-state index in [2.05, 4.69) is 0 Å². The fourth-order valence-electron chi connectivity index (χ4n) is 5.00. The number of ether oxygens (including phenoxy) is 3. The average molecular weight is 534 g/mol. The average Bonchev–Trinajstić information content (AvgIpc) is 3.62. The van der Waals surface area contributed by atoms with Crippen molar-refractivity contribution >= 4 is 28.8 Å². The number of benzene rings is 2. The number of esters is 1. The van der Waals surface area contributed by atoms with Crippen LogP contribution in [0.2, 0.25) is 0 Å². The van der Waals surface area contributed by atoms with Gasteiger partial charge in [-0.15, -0.1) is 0 Å². The Kier molecular flexibility index (Phi) is 7.74. The minimum atomic E-state index is -0.584. The molecule has 1 atom stereocenters. The molecule has 0 aliphatic carbocycles. The summed E-state index contributed by atoms with van der Waals surface area (Å²) in [4.78, 5) is 35.5. The normalized spacial score (nSPS) is 18.7. The molecule has 9 heteroatoms. The number of thioether (sulfide) groups is 1. The molecule has 0 radical (unpaired) electrons. The maximum atomic E-state index is 13.7. The highest BCUT2D eigenvalue weighted by molar-refractivity contribution is 8.16. The number of nitrogens with zero attached hydrogens (tertiary/aromatic N) is 3. The molecule has 198 valence electrons. The molecule has 0 saturated carbocycles. The van der Waals surface area contributed by atoms with Gasteiger partial charge in [-0.2, -0.15) is 0 Å². The van der Waals surface area contributed by atoms with E-state index >= 15 is 0 Å². The molecule has 3 aliphatic rings. The first-order chi connectivity index (χ1) is 18.5. The Morgan fingerprint density at radius 1 is 1.05 bits per heavy atom. The van der Waals surface area contributed by atoms with Gasteiger partial charge in [0.05, 0.1) is 38.0 Å². The van der Waals surface area contributed by atoms with Crippen LogP contribution in [0.1, 0.15) is 43.4 Å². The van der Waals surface area contributed by atoms with Gasteiger partial charge in [0, 0.05) is 30.4 Å². The van der Waals surface area contributed by atoms with E-state index in [1.807, 2.05) is 64.6 Å². The summed E-state index contributed by atoms with van der Waals surface area (Å²) in [5.41, 5.74) is 3.44. The summed E-state index contributed by atoms with van der Waals surface area (Å²) in [6.07, 6.45) is 2.29. The lowest BCUT2D eigenvalue weighted by Crippen LogP contribution is -2.38. The maximum Gasteiger partial charge on any atom is 0.338 e. The van der Waals surface area contributed by atoms with Crippen LogP contribution in [0.4, 0.5) is 0 Å². The molecule has 0 bridgehead atoms. The molecule has 0 N–H and O–H groups in total. The van der Waals surface area contributed by atoms with Crippen molar-refractivity contribution in [3.63, 3.8) is 0 Å². The first-order valence-electron chi connectivity index (χ1n) is 12.6. The first-order valence-corrected chi connectivity index (χ1v) is 13.5. The predicted octanol–water partition coefficient (Wildman–Crippen LogP) is 5.03. The second kappa shape index (κ2) is 11.3. The van der Waals surface area contributed by atoms with Gasteiger partial charge in [0.2, 0.25) is 5.91 Å². The molecule has 0 spiro atoms. The maximum absolute atomic E-state index is 13.7. The number of carbonyl (C=O) groups is 2. The van der Waals surface area contributed by atoms with Crippen LogP contribution in [-0.2, 0) is 20.9 Å². The molecule has 5 rings (SSSR count). The topological polar surface area (TPSA) is 80.7 Å². The van der Waals surface area contributed by atoms with E-state index in [0.29, 0.717) is 27.9 Å². The molecule has 3 heterocycles. The van der Waals surface area contributed by atoms with Crippen LogP contribution in [0.15, 0.2) is 75.9 Å². The molecule has 38 heavy (non-hydrogen) atoms. The minimum absolute atomic E-state index is 0.0792. The van der Waals surface area contributed by atoms with Gasteiger partial charge in [-0.25, -0.2) is 9.79 Å². The van der Waals surface area contributed by atoms with Crippen LogP contribution in [0.3, 0.4) is 0 Å². The zero-order chi connectivity index (χ0) is 26.6. The smallest absolute Gasteiger partial charge is 0.338 e. The lowest BCUT2D eigenvalue weighted by Gasteiger charge is -2.37. The van der Waals surface area contributed by atoms with Crippen molar-refractivity contribution in [3.8, 4) is 11.5 Å². The van der Waals surface area contributed by atoms with Crippen LogP contribution in [0.5, 0.6) is 11.5 Å². The third-order valence-electron chi connectivity index (χ3n) is 6.96. The number of carbonyl (C=O) groups excluding carboxylic acids is 2. The molecule has 1 saturated heterocycles. The van der Waals surface area contributed by atoms with E-state index in [0.717, 1.165) is 42.8 Å². The first kappa shape index (κ1) is 25.9. The number of amides is 1. The minimum Gasteiger partial charge on any atom is -0.497 e. The lowest BCUT2D eigenvalue weighted by atomic mass is 9.93. The van der Waals surface area contributed by atoms with Gasteiger partial charge in [-0.05, 0) is 42.9 Å². The number of fused-ring (bicyclic) bond motifs is 1. The molecule has 1 fully saturated rings. The molecule has 3 aliphatic heterocycles. The predicted molar refractivity (Wildman–Crippen MR) is 147 cm³/mol. The van der Waals surface area contributed by atoms with Gasteiger partial charge in [0.15, 0.2) is 5.17 Å². The van der Waals surface area contributed by atoms with Gasteiger partial charge in [-0.1, -0.05) is 42.1 Å². The number of likely N-dealkylation sites (tertiary alicyclic amines) is 1. The van der Waals surface area contributed by atoms with Crippen molar-refractivity contribution in [3.05, 3.63) is 82.0 Å². The quantitative estimate of drug-likeness (QED) is 0.440. The van der Waals surface area contributed by atoms with Crippen LogP contribution >= 0.6 is 11.8 Å². The molecule has 1 amide bonds. The lowest BCUT2D eigenvalue weighted by molar-refractivity contribution is -0.141. The van der Waals surface area contributed by atoms with Crippen molar-refractivity contribution < 1.29 is 23.8 Å². The Morgan fingerprint density at radius 2 is 1.82 bits per heavy atom. The van der Waals surface area contributed by atoms with E-state index in [-0.39, 0.29) is 18.9 Å². The SMILES string of the molecule is COc1ccc(C2C(C(=O)OCc3ccccc3)=C(C)N=C3SC=C(CC(=O)N4CCCC4)N32)c(OC)c1. The van der Waals surface area contributed by atoms with Crippen molar-refractivity contribution in [2.24, 2.45) is 4.99 Å². The molecular weight excluding hydrogens is 502 g/mol. The second-order valence-corrected chi connectivity index (χ2v) is 10.2. The van der Waals surface area contributed by atoms with Crippen molar-refractivity contribution in [1.82, 2.24) is 9.80 Å². The van der Waals surface area contributed by atoms with Gasteiger partial charge in [0.25, 0.3) is 0 Å². The van der Waals surface area contributed by atoms with Crippen molar-refractivity contribution in [1.29, 1.82) is 0 Å². The summed E-state index contributed by atoms with van der Waals surface area (Å²) in [7, 11) is 3.19. The Balaban J connectivity index is 1.52. The third kappa shape index (κ3) is 5.15. The molecule has 2 aromatic rings. The summed E-state index contributed by atoms with van der Waals surface area (Å²) in [5.74, 6) is 0.827. The van der Waals surface area contributed by atoms with E-state index in [1.165, 1.54) is 11.8 Å². The number of allylic oxidation sites excluding steroid dienone is 1. The van der Waals surface area contributed by atoms with Gasteiger partial charge >= 0.3 is 5.97 Å². The second-order valence-electron chi connectivity index (χ2n) is 9.33. The summed E-state index contributed by atoms with van der Waals surface area (Å²) in [6, 6.07) is 14.5. The number of aliphatic imine (C=N–C) groups is 1. The number of methoxy groups -OCH3 is 2. The van der Waals surface area contributed by atoms with Crippen LogP contribution in [0, 0.1) is 0 Å². The highest BCUT2D eigenvalue weighted by Gasteiger charge is 2.42. The molecule has 1 unspecified atom stereocenters. The Labute approximate surface area is 226 Å². The van der Waals surface area contributed by atoms with E-state index in [9.17, 15) is 9.59 Å². The van der Waals surface area contributed by atoms with Gasteiger partial charge in [0.1, 0.15) is 18.1 Å². The Morgan fingerprint density at radius 3 is 2.53 bits per heavy atom. The molecule has 8 nitrogen and oxygen atoms in total. The fraction of sp³-hybridized carbons (Fsp3) is 0.345. The number of hydrogen-bond acceptors (Lipinski definition) is 8. The fourth-order valence-corrected chi connectivity index (χ4v) is 5.97. The standard InChI is InChI=1S/C29H31N3O5S/c1-19-26(28(34)37-17-20-9-5-4-6-10-20)27(23-12-11-22(35-2)16-24(23)36-3)32-21(18-38-29(32)30-19)15-25(33)31-13-7-8-14-31/h4-6,9-12,16,18,27H,7-8,13-15,17H2,1-3H3. The summed E-state index contributed by atoms with van der Waals surface area (Å²) < 4.78 is 17.0. The number of rotatable bonds is 8. The van der Waals surface area contributed by atoms with E-state index < -0.39 is 12.0 Å². The number of amidine groups is 1. The summed E-state index contributed by atoms with van der Waals surface area (Å²) >= 11 is 1.46. The number of hydrogen-bond donors (Lipinski definition) is 0. The van der Waals surface area contributed by atoms with Gasteiger partial charge in [-0.3, -0.25) is 4.79 Å². The molecular formula is C29H31N3O5S. The zero-order valence-corrected chi connectivity index (χ0v) is 22.6. The Hall–Kier alpha value is -3.72. The highest BCUT2D eigenvalue weighted by Crippen LogP contribution is 2.47. The molecule has 2 aromatic carbocycles. The van der Waals surface area contributed by atoms with E-state index in [1.54, 1.807) is 20.3 Å².